The highest BCUT2D eigenvalue weighted by atomic mass is 19.1. The zero-order chi connectivity index (χ0) is 24.9. The second-order valence-electron chi connectivity index (χ2n) is 11.1. The van der Waals surface area contributed by atoms with E-state index in [0.717, 1.165) is 35.5 Å². The van der Waals surface area contributed by atoms with E-state index in [1.807, 2.05) is 17.9 Å². The number of hydrogen-bond acceptors (Lipinski definition) is 6. The number of fused-ring (bicyclic) bond motifs is 1. The molecule has 2 N–H and O–H groups in total. The summed E-state index contributed by atoms with van der Waals surface area (Å²) in [5.41, 5.74) is 3.01. The van der Waals surface area contributed by atoms with Gasteiger partial charge in [0.25, 0.3) is 0 Å². The van der Waals surface area contributed by atoms with E-state index in [0.29, 0.717) is 38.2 Å². The molecule has 188 valence electrons. The summed E-state index contributed by atoms with van der Waals surface area (Å²) in [4.78, 5) is 26.8. The molecule has 1 aromatic carbocycles. The van der Waals surface area contributed by atoms with E-state index in [2.05, 4.69) is 41.0 Å². The van der Waals surface area contributed by atoms with Crippen LogP contribution in [-0.4, -0.2) is 63.6 Å². The second-order valence-corrected chi connectivity index (χ2v) is 11.1. The quantitative estimate of drug-likeness (QED) is 0.697. The molecule has 0 radical (unpaired) electrons. The van der Waals surface area contributed by atoms with Crippen LogP contribution in [0.25, 0.3) is 0 Å². The van der Waals surface area contributed by atoms with Gasteiger partial charge >= 0.3 is 0 Å². The average Bonchev–Trinajstić information content (AvgIpc) is 3.33. The summed E-state index contributed by atoms with van der Waals surface area (Å²) in [6, 6.07) is 5.11. The summed E-state index contributed by atoms with van der Waals surface area (Å²) in [5.74, 6) is 0.187. The van der Waals surface area contributed by atoms with Crippen LogP contribution in [-0.2, 0) is 4.79 Å². The van der Waals surface area contributed by atoms with Gasteiger partial charge in [0.1, 0.15) is 18.0 Å². The summed E-state index contributed by atoms with van der Waals surface area (Å²) < 4.78 is 15.1. The third-order valence-corrected chi connectivity index (χ3v) is 7.99. The van der Waals surface area contributed by atoms with Crippen LogP contribution in [0.2, 0.25) is 0 Å². The Kier molecular flexibility index (Phi) is 6.30. The van der Waals surface area contributed by atoms with Crippen LogP contribution in [0.3, 0.4) is 0 Å². The van der Waals surface area contributed by atoms with Crippen LogP contribution >= 0.6 is 0 Å². The van der Waals surface area contributed by atoms with E-state index in [1.165, 1.54) is 12.4 Å². The Balaban J connectivity index is 1.36. The van der Waals surface area contributed by atoms with Crippen LogP contribution < -0.4 is 10.2 Å². The van der Waals surface area contributed by atoms with Crippen LogP contribution in [0.15, 0.2) is 24.5 Å². The minimum absolute atomic E-state index is 0.0145. The number of hydrogen-bond donors (Lipinski definition) is 2. The normalized spacial score (nSPS) is 26.6. The highest BCUT2D eigenvalue weighted by Gasteiger charge is 2.42. The maximum atomic E-state index is 15.1. The maximum Gasteiger partial charge on any atom is 0.231 e. The fourth-order valence-electron chi connectivity index (χ4n) is 6.11. The number of carbonyl (C=O) groups excluding carboxylic acids is 1. The van der Waals surface area contributed by atoms with Crippen molar-refractivity contribution in [2.24, 2.45) is 0 Å². The molecule has 4 atom stereocenters. The Morgan fingerprint density at radius 1 is 1.23 bits per heavy atom. The van der Waals surface area contributed by atoms with Gasteiger partial charge in [0.15, 0.2) is 0 Å². The first-order chi connectivity index (χ1) is 16.6. The van der Waals surface area contributed by atoms with Crippen molar-refractivity contribution in [2.75, 3.05) is 31.1 Å². The molecule has 8 heteroatoms. The van der Waals surface area contributed by atoms with Crippen molar-refractivity contribution in [1.29, 1.82) is 0 Å². The summed E-state index contributed by atoms with van der Waals surface area (Å²) in [6.45, 7) is 10.6. The van der Waals surface area contributed by atoms with Crippen molar-refractivity contribution >= 4 is 11.7 Å². The fourth-order valence-corrected chi connectivity index (χ4v) is 6.11. The largest absolute Gasteiger partial charge is 0.387 e. The number of aliphatic hydroxyl groups is 1. The molecule has 2 aliphatic heterocycles. The van der Waals surface area contributed by atoms with Gasteiger partial charge in [-0.3, -0.25) is 4.79 Å². The molecule has 7 nitrogen and oxygen atoms in total. The van der Waals surface area contributed by atoms with E-state index in [-0.39, 0.29) is 29.2 Å². The molecule has 0 spiro atoms. The summed E-state index contributed by atoms with van der Waals surface area (Å²) in [5, 5.41) is 13.9. The number of piperazine rings is 1. The summed E-state index contributed by atoms with van der Waals surface area (Å²) >= 11 is 0. The molecule has 1 aromatic heterocycles. The Morgan fingerprint density at radius 2 is 1.97 bits per heavy atom. The molecule has 2 aromatic rings. The Bertz CT molecular complexity index is 1110. The third-order valence-electron chi connectivity index (χ3n) is 7.99. The number of halogens is 1. The van der Waals surface area contributed by atoms with Crippen molar-refractivity contribution in [3.8, 4) is 0 Å². The standard InChI is InChI=1S/C27H36FN5O2/c1-16-5-6-18(19(28)13-16)23(20-7-8-27(3,4)31-20)26(35)33-11-9-32(10-12-33)25-22-17(2)14-21(34)24(22)29-15-30-25/h5-6,13,15,17,20-21,23,31,34H,7-12,14H2,1-4H3/t17-,20?,21-,23?/m1/s1. The second kappa shape index (κ2) is 9.13. The van der Waals surface area contributed by atoms with Crippen molar-refractivity contribution in [3.63, 3.8) is 0 Å². The number of nitrogens with zero attached hydrogens (tertiary/aromatic N) is 4. The molecule has 1 amide bonds. The predicted molar refractivity (Wildman–Crippen MR) is 133 cm³/mol. The summed E-state index contributed by atoms with van der Waals surface area (Å²) in [6.07, 6.45) is 3.43. The zero-order valence-corrected chi connectivity index (χ0v) is 21.1. The third kappa shape index (κ3) is 4.54. The predicted octanol–water partition coefficient (Wildman–Crippen LogP) is 3.43. The molecule has 1 aliphatic carbocycles. The van der Waals surface area contributed by atoms with Crippen molar-refractivity contribution < 1.29 is 14.3 Å². The Labute approximate surface area is 206 Å². The number of aromatic nitrogens is 2. The molecular formula is C27H36FN5O2. The van der Waals surface area contributed by atoms with Crippen LogP contribution in [0.4, 0.5) is 10.2 Å². The monoisotopic (exact) mass is 481 g/mol. The number of anilines is 1. The smallest absolute Gasteiger partial charge is 0.231 e. The number of carbonyl (C=O) groups is 1. The Morgan fingerprint density at radius 3 is 2.63 bits per heavy atom. The van der Waals surface area contributed by atoms with Gasteiger partial charge in [0, 0.05) is 48.9 Å². The number of aryl methyl sites for hydroxylation is 1. The lowest BCUT2D eigenvalue weighted by molar-refractivity contribution is -0.133. The number of benzene rings is 1. The highest BCUT2D eigenvalue weighted by molar-refractivity contribution is 5.85. The van der Waals surface area contributed by atoms with Crippen LogP contribution in [0, 0.1) is 12.7 Å². The number of amides is 1. The van der Waals surface area contributed by atoms with Crippen LogP contribution in [0.1, 0.15) is 80.4 Å². The minimum atomic E-state index is -0.553. The van der Waals surface area contributed by atoms with Crippen molar-refractivity contribution in [3.05, 3.63) is 52.7 Å². The maximum absolute atomic E-state index is 15.1. The average molecular weight is 482 g/mol. The molecule has 35 heavy (non-hydrogen) atoms. The van der Waals surface area contributed by atoms with Gasteiger partial charge in [-0.05, 0) is 57.6 Å². The molecule has 2 fully saturated rings. The van der Waals surface area contributed by atoms with Crippen molar-refractivity contribution in [1.82, 2.24) is 20.2 Å². The topological polar surface area (TPSA) is 81.6 Å². The molecule has 3 aliphatic rings. The SMILES string of the molecule is Cc1ccc(C(C(=O)N2CCN(c3ncnc4c3[C@H](C)C[C@H]4O)CC2)C2CCC(C)(C)N2)c(F)c1. The number of aliphatic hydroxyl groups excluding tert-OH is 1. The minimum Gasteiger partial charge on any atom is -0.387 e. The molecule has 5 rings (SSSR count). The van der Waals surface area contributed by atoms with Crippen LogP contribution in [0.5, 0.6) is 0 Å². The first kappa shape index (κ1) is 24.1. The lowest BCUT2D eigenvalue weighted by Crippen LogP contribution is -2.53. The van der Waals surface area contributed by atoms with Gasteiger partial charge in [0.2, 0.25) is 5.91 Å². The zero-order valence-electron chi connectivity index (χ0n) is 21.1. The van der Waals surface area contributed by atoms with Gasteiger partial charge in [0.05, 0.1) is 17.7 Å². The van der Waals surface area contributed by atoms with E-state index in [4.69, 9.17) is 0 Å². The first-order valence-corrected chi connectivity index (χ1v) is 12.7. The molecule has 3 heterocycles. The number of rotatable bonds is 4. The highest BCUT2D eigenvalue weighted by Crippen LogP contribution is 2.43. The van der Waals surface area contributed by atoms with E-state index >= 15 is 4.39 Å². The lowest BCUT2D eigenvalue weighted by Gasteiger charge is -2.39. The number of nitrogens with one attached hydrogen (secondary N) is 1. The molecular weight excluding hydrogens is 445 g/mol. The Hall–Kier alpha value is -2.58. The van der Waals surface area contributed by atoms with E-state index < -0.39 is 12.0 Å². The lowest BCUT2D eigenvalue weighted by atomic mass is 9.88. The summed E-state index contributed by atoms with van der Waals surface area (Å²) in [7, 11) is 0. The van der Waals surface area contributed by atoms with E-state index in [1.54, 1.807) is 6.07 Å². The van der Waals surface area contributed by atoms with Gasteiger partial charge in [-0.15, -0.1) is 0 Å². The molecule has 0 saturated carbocycles. The molecule has 0 bridgehead atoms. The molecule has 2 unspecified atom stereocenters. The first-order valence-electron chi connectivity index (χ1n) is 12.7. The van der Waals surface area contributed by atoms with Gasteiger partial charge < -0.3 is 20.2 Å². The van der Waals surface area contributed by atoms with E-state index in [9.17, 15) is 9.90 Å². The van der Waals surface area contributed by atoms with Crippen molar-refractivity contribution in [2.45, 2.75) is 76.5 Å². The molecule has 2 saturated heterocycles. The van der Waals surface area contributed by atoms with Gasteiger partial charge in [-0.1, -0.05) is 19.1 Å². The van der Waals surface area contributed by atoms with Gasteiger partial charge in [-0.25, -0.2) is 14.4 Å². The van der Waals surface area contributed by atoms with Gasteiger partial charge in [-0.2, -0.15) is 0 Å². The fraction of sp³-hybridized carbons (Fsp3) is 0.593.